The fourth-order valence-corrected chi connectivity index (χ4v) is 2.69. The number of nitrogens with zero attached hydrogens (tertiary/aromatic N) is 1. The Labute approximate surface area is 145 Å². The molecular formula is C19H16ClN3O. The van der Waals surface area contributed by atoms with Crippen molar-refractivity contribution in [3.8, 4) is 11.1 Å². The van der Waals surface area contributed by atoms with Gasteiger partial charge in [0.1, 0.15) is 5.82 Å². The average Bonchev–Trinajstić information content (AvgIpc) is 2.59. The molecule has 0 unspecified atom stereocenters. The number of pyridine rings is 1. The van der Waals surface area contributed by atoms with E-state index in [4.69, 9.17) is 17.3 Å². The van der Waals surface area contributed by atoms with Crippen LogP contribution in [0.25, 0.3) is 11.1 Å². The molecule has 0 bridgehead atoms. The molecule has 0 aliphatic carbocycles. The molecule has 1 heterocycles. The van der Waals surface area contributed by atoms with E-state index in [9.17, 15) is 4.79 Å². The molecule has 0 fully saturated rings. The number of carbonyl (C=O) groups is 1. The third-order valence-corrected chi connectivity index (χ3v) is 4.05. The first kappa shape index (κ1) is 16.0. The Balaban J connectivity index is 1.95. The van der Waals surface area contributed by atoms with E-state index in [2.05, 4.69) is 10.3 Å². The predicted octanol–water partition coefficient (Wildman–Crippen LogP) is 4.54. The second-order valence-electron chi connectivity index (χ2n) is 5.41. The highest BCUT2D eigenvalue weighted by Crippen LogP contribution is 2.27. The number of para-hydroxylation sites is 1. The Morgan fingerprint density at radius 2 is 1.83 bits per heavy atom. The number of anilines is 2. The molecule has 0 saturated carbocycles. The highest BCUT2D eigenvalue weighted by atomic mass is 35.5. The molecule has 5 heteroatoms. The largest absolute Gasteiger partial charge is 0.383 e. The van der Waals surface area contributed by atoms with Crippen LogP contribution >= 0.6 is 11.6 Å². The zero-order valence-corrected chi connectivity index (χ0v) is 13.8. The van der Waals surface area contributed by atoms with Gasteiger partial charge in [-0.3, -0.25) is 4.79 Å². The van der Waals surface area contributed by atoms with Crippen molar-refractivity contribution in [1.29, 1.82) is 0 Å². The topological polar surface area (TPSA) is 68.0 Å². The first-order valence-electron chi connectivity index (χ1n) is 7.43. The van der Waals surface area contributed by atoms with Gasteiger partial charge in [0.05, 0.1) is 16.3 Å². The van der Waals surface area contributed by atoms with E-state index >= 15 is 0 Å². The summed E-state index contributed by atoms with van der Waals surface area (Å²) in [5.74, 6) is -0.161. The molecule has 3 aromatic rings. The molecule has 3 N–H and O–H groups in total. The Bertz CT molecular complexity index is 874. The molecule has 24 heavy (non-hydrogen) atoms. The van der Waals surface area contributed by atoms with Crippen molar-refractivity contribution in [3.63, 3.8) is 0 Å². The number of carbonyl (C=O) groups excluding carboxylic acids is 1. The first-order valence-corrected chi connectivity index (χ1v) is 7.81. The minimum absolute atomic E-state index is 0.178. The number of nitrogens with two attached hydrogens (primary N) is 1. The van der Waals surface area contributed by atoms with Crippen molar-refractivity contribution in [1.82, 2.24) is 4.98 Å². The normalized spacial score (nSPS) is 10.4. The number of hydrogen-bond donors (Lipinski definition) is 2. The van der Waals surface area contributed by atoms with Gasteiger partial charge in [0, 0.05) is 11.8 Å². The van der Waals surface area contributed by atoms with Crippen molar-refractivity contribution in [3.05, 3.63) is 76.9 Å². The maximum absolute atomic E-state index is 12.6. The second kappa shape index (κ2) is 6.72. The number of aryl methyl sites for hydroxylation is 1. The minimum atomic E-state index is -0.339. The van der Waals surface area contributed by atoms with Crippen molar-refractivity contribution in [2.24, 2.45) is 0 Å². The summed E-state index contributed by atoms with van der Waals surface area (Å²) in [5, 5.41) is 3.30. The molecule has 3 rings (SSSR count). The van der Waals surface area contributed by atoms with Crippen LogP contribution in [0.1, 0.15) is 15.9 Å². The summed E-state index contributed by atoms with van der Waals surface area (Å²) >= 11 is 6.17. The molecule has 1 aromatic heterocycles. The number of hydrogen-bond acceptors (Lipinski definition) is 3. The molecule has 120 valence electrons. The Morgan fingerprint density at radius 1 is 1.08 bits per heavy atom. The summed E-state index contributed by atoms with van der Waals surface area (Å²) in [6, 6.07) is 16.9. The molecule has 0 aliphatic heterocycles. The molecule has 1 amide bonds. The highest BCUT2D eigenvalue weighted by molar-refractivity contribution is 6.34. The quantitative estimate of drug-likeness (QED) is 0.737. The summed E-state index contributed by atoms with van der Waals surface area (Å²) in [4.78, 5) is 16.8. The molecule has 0 atom stereocenters. The number of aromatic nitrogens is 1. The van der Waals surface area contributed by atoms with Crippen LogP contribution in [0, 0.1) is 6.92 Å². The smallest absolute Gasteiger partial charge is 0.259 e. The van der Waals surface area contributed by atoms with Gasteiger partial charge in [-0.25, -0.2) is 4.98 Å². The highest BCUT2D eigenvalue weighted by Gasteiger charge is 2.15. The molecule has 4 nitrogen and oxygen atoms in total. The van der Waals surface area contributed by atoms with Crippen molar-refractivity contribution < 1.29 is 4.79 Å². The summed E-state index contributed by atoms with van der Waals surface area (Å²) in [6.07, 6.45) is 1.65. The molecule has 0 saturated heterocycles. The van der Waals surface area contributed by atoms with Gasteiger partial charge in [0.15, 0.2) is 0 Å². The van der Waals surface area contributed by atoms with Crippen molar-refractivity contribution >= 4 is 29.0 Å². The number of amides is 1. The van der Waals surface area contributed by atoms with Crippen LogP contribution in [-0.4, -0.2) is 10.9 Å². The Morgan fingerprint density at radius 3 is 2.54 bits per heavy atom. The van der Waals surface area contributed by atoms with Gasteiger partial charge in [-0.15, -0.1) is 0 Å². The molecule has 0 spiro atoms. The molecular weight excluding hydrogens is 322 g/mol. The monoisotopic (exact) mass is 337 g/mol. The second-order valence-corrected chi connectivity index (χ2v) is 5.82. The predicted molar refractivity (Wildman–Crippen MR) is 98.2 cm³/mol. The lowest BCUT2D eigenvalue weighted by Gasteiger charge is -2.12. The fourth-order valence-electron chi connectivity index (χ4n) is 2.42. The lowest BCUT2D eigenvalue weighted by molar-refractivity contribution is 0.102. The molecule has 0 aliphatic rings. The molecule has 0 radical (unpaired) electrons. The van der Waals surface area contributed by atoms with E-state index in [0.29, 0.717) is 16.3 Å². The van der Waals surface area contributed by atoms with Crippen LogP contribution in [0.5, 0.6) is 0 Å². The van der Waals surface area contributed by atoms with Crippen molar-refractivity contribution in [2.45, 2.75) is 6.92 Å². The van der Waals surface area contributed by atoms with E-state index in [0.717, 1.165) is 16.7 Å². The maximum atomic E-state index is 12.6. The molecule has 2 aromatic carbocycles. The van der Waals surface area contributed by atoms with Crippen molar-refractivity contribution in [2.75, 3.05) is 11.1 Å². The third kappa shape index (κ3) is 3.24. The van der Waals surface area contributed by atoms with Gasteiger partial charge in [0.25, 0.3) is 5.91 Å². The summed E-state index contributed by atoms with van der Waals surface area (Å²) in [6.45, 7) is 1.88. The van der Waals surface area contributed by atoms with Gasteiger partial charge < -0.3 is 11.1 Å². The van der Waals surface area contributed by atoms with Gasteiger partial charge in [-0.05, 0) is 30.2 Å². The minimum Gasteiger partial charge on any atom is -0.383 e. The standard InChI is InChI=1S/C19H16ClN3O/c1-12-6-5-9-16(20)17(12)23-19(24)15-10-14(11-22-18(15)21)13-7-3-2-4-8-13/h2-11H,1H3,(H2,21,22)(H,23,24). The lowest BCUT2D eigenvalue weighted by atomic mass is 10.1. The number of halogens is 1. The first-order chi connectivity index (χ1) is 11.6. The summed E-state index contributed by atoms with van der Waals surface area (Å²) in [5.41, 5.74) is 9.45. The maximum Gasteiger partial charge on any atom is 0.259 e. The number of benzene rings is 2. The Hall–Kier alpha value is -2.85. The number of rotatable bonds is 3. The van der Waals surface area contributed by atoms with Crippen LogP contribution in [-0.2, 0) is 0 Å². The SMILES string of the molecule is Cc1cccc(Cl)c1NC(=O)c1cc(-c2ccccc2)cnc1N. The third-order valence-electron chi connectivity index (χ3n) is 3.73. The lowest BCUT2D eigenvalue weighted by Crippen LogP contribution is -2.16. The van der Waals surface area contributed by atoms with Gasteiger partial charge >= 0.3 is 0 Å². The van der Waals surface area contributed by atoms with Gasteiger partial charge in [0.2, 0.25) is 0 Å². The number of nitrogen functional groups attached to an aromatic ring is 1. The van der Waals surface area contributed by atoms with Crippen LogP contribution in [0.2, 0.25) is 5.02 Å². The van der Waals surface area contributed by atoms with E-state index in [1.807, 2.05) is 49.4 Å². The number of nitrogens with one attached hydrogen (secondary N) is 1. The van der Waals surface area contributed by atoms with Crippen LogP contribution in [0.15, 0.2) is 60.8 Å². The van der Waals surface area contributed by atoms with E-state index in [-0.39, 0.29) is 11.7 Å². The van der Waals surface area contributed by atoms with E-state index in [1.54, 1.807) is 18.3 Å². The fraction of sp³-hybridized carbons (Fsp3) is 0.0526. The van der Waals surface area contributed by atoms with Gasteiger partial charge in [-0.2, -0.15) is 0 Å². The van der Waals surface area contributed by atoms with Crippen LogP contribution < -0.4 is 11.1 Å². The summed E-state index contributed by atoms with van der Waals surface area (Å²) in [7, 11) is 0. The van der Waals surface area contributed by atoms with E-state index in [1.165, 1.54) is 0 Å². The zero-order chi connectivity index (χ0) is 17.1. The van der Waals surface area contributed by atoms with Crippen LogP contribution in [0.3, 0.4) is 0 Å². The average molecular weight is 338 g/mol. The van der Waals surface area contributed by atoms with Crippen LogP contribution in [0.4, 0.5) is 11.5 Å². The Kier molecular flexibility index (Phi) is 4.49. The van der Waals surface area contributed by atoms with Gasteiger partial charge in [-0.1, -0.05) is 54.1 Å². The zero-order valence-electron chi connectivity index (χ0n) is 13.1. The summed E-state index contributed by atoms with van der Waals surface area (Å²) < 4.78 is 0. The van der Waals surface area contributed by atoms with E-state index < -0.39 is 0 Å².